The minimum Gasteiger partial charge on any atom is -0.326 e. The predicted octanol–water partition coefficient (Wildman–Crippen LogP) is 3.33. The molecule has 14 heavy (non-hydrogen) atoms. The van der Waals surface area contributed by atoms with Gasteiger partial charge < -0.3 is 5.32 Å². The van der Waals surface area contributed by atoms with E-state index in [0.29, 0.717) is 16.6 Å². The number of rotatable bonds is 3. The summed E-state index contributed by atoms with van der Waals surface area (Å²) in [7, 11) is 0. The van der Waals surface area contributed by atoms with E-state index < -0.39 is 0 Å². The maximum Gasteiger partial charge on any atom is 0.224 e. The molecule has 0 fully saturated rings. The second-order valence-corrected chi connectivity index (χ2v) is 3.78. The summed E-state index contributed by atoms with van der Waals surface area (Å²) in [6.45, 7) is 1.92. The number of hydrogen-bond acceptors (Lipinski definition) is 1. The lowest BCUT2D eigenvalue weighted by molar-refractivity contribution is -0.116. The number of halogens is 2. The number of carbonyl (C=O) groups excluding carboxylic acids is 1. The summed E-state index contributed by atoms with van der Waals surface area (Å²) in [5.74, 6) is -0.464. The zero-order valence-electron chi connectivity index (χ0n) is 7.81. The Kier molecular flexibility index (Phi) is 4.07. The Morgan fingerprint density at radius 2 is 2.29 bits per heavy atom. The molecule has 1 aromatic rings. The van der Waals surface area contributed by atoms with Crippen LogP contribution in [0.5, 0.6) is 0 Å². The highest BCUT2D eigenvalue weighted by Crippen LogP contribution is 2.19. The first kappa shape index (κ1) is 11.2. The first-order chi connectivity index (χ1) is 6.63. The fourth-order valence-electron chi connectivity index (χ4n) is 1.02. The van der Waals surface area contributed by atoms with E-state index in [1.165, 1.54) is 6.07 Å². The van der Waals surface area contributed by atoms with Crippen LogP contribution < -0.4 is 5.32 Å². The van der Waals surface area contributed by atoms with Gasteiger partial charge in [0, 0.05) is 12.1 Å². The molecule has 0 unspecified atom stereocenters. The molecule has 0 radical (unpaired) electrons. The van der Waals surface area contributed by atoms with Crippen molar-refractivity contribution in [3.05, 3.63) is 28.5 Å². The molecule has 1 aromatic carbocycles. The Hall–Kier alpha value is -0.900. The van der Waals surface area contributed by atoms with Crippen LogP contribution in [-0.4, -0.2) is 5.91 Å². The molecule has 0 aromatic heterocycles. The maximum absolute atomic E-state index is 13.0. The second kappa shape index (κ2) is 5.10. The Labute approximate surface area is 90.6 Å². The highest BCUT2D eigenvalue weighted by Gasteiger charge is 2.03. The molecule has 0 aliphatic heterocycles. The van der Waals surface area contributed by atoms with Crippen molar-refractivity contribution in [3.8, 4) is 0 Å². The van der Waals surface area contributed by atoms with Crippen molar-refractivity contribution in [2.75, 3.05) is 5.32 Å². The molecule has 0 bridgehead atoms. The fourth-order valence-corrected chi connectivity index (χ4v) is 1.27. The molecule has 0 aliphatic rings. The summed E-state index contributed by atoms with van der Waals surface area (Å²) in [4.78, 5) is 11.2. The van der Waals surface area contributed by atoms with E-state index in [9.17, 15) is 9.18 Å². The van der Waals surface area contributed by atoms with Crippen LogP contribution in [0, 0.1) is 5.82 Å². The van der Waals surface area contributed by atoms with Crippen molar-refractivity contribution in [2.24, 2.45) is 0 Å². The van der Waals surface area contributed by atoms with Gasteiger partial charge in [0.05, 0.1) is 4.47 Å². The number of amides is 1. The molecule has 0 saturated carbocycles. The van der Waals surface area contributed by atoms with Crippen molar-refractivity contribution in [1.29, 1.82) is 0 Å². The fraction of sp³-hybridized carbons (Fsp3) is 0.300. The third-order valence-electron chi connectivity index (χ3n) is 1.68. The highest BCUT2D eigenvalue weighted by atomic mass is 79.9. The molecule has 1 rings (SSSR count). The SMILES string of the molecule is CCCC(=O)Nc1ccc(Br)c(F)c1. The van der Waals surface area contributed by atoms with Crippen LogP contribution in [0.1, 0.15) is 19.8 Å². The predicted molar refractivity (Wildman–Crippen MR) is 57.6 cm³/mol. The molecule has 0 aliphatic carbocycles. The quantitative estimate of drug-likeness (QED) is 0.887. The van der Waals surface area contributed by atoms with E-state index in [1.54, 1.807) is 12.1 Å². The molecular formula is C10H11BrFNO. The van der Waals surface area contributed by atoms with Crippen molar-refractivity contribution < 1.29 is 9.18 Å². The molecule has 0 spiro atoms. The van der Waals surface area contributed by atoms with Gasteiger partial charge in [-0.15, -0.1) is 0 Å². The van der Waals surface area contributed by atoms with E-state index in [0.717, 1.165) is 6.42 Å². The second-order valence-electron chi connectivity index (χ2n) is 2.93. The van der Waals surface area contributed by atoms with E-state index in [4.69, 9.17) is 0 Å². The number of hydrogen-bond donors (Lipinski definition) is 1. The minimum atomic E-state index is -0.376. The van der Waals surface area contributed by atoms with Gasteiger partial charge in [0.25, 0.3) is 0 Å². The lowest BCUT2D eigenvalue weighted by Crippen LogP contribution is -2.10. The largest absolute Gasteiger partial charge is 0.326 e. The van der Waals surface area contributed by atoms with Gasteiger partial charge in [-0.05, 0) is 40.5 Å². The van der Waals surface area contributed by atoms with Crippen molar-refractivity contribution in [3.63, 3.8) is 0 Å². The van der Waals surface area contributed by atoms with Crippen LogP contribution >= 0.6 is 15.9 Å². The normalized spacial score (nSPS) is 9.93. The summed E-state index contributed by atoms with van der Waals surface area (Å²) >= 11 is 3.04. The Morgan fingerprint density at radius 3 is 2.86 bits per heavy atom. The van der Waals surface area contributed by atoms with Gasteiger partial charge in [-0.2, -0.15) is 0 Å². The van der Waals surface area contributed by atoms with Crippen LogP contribution in [0.3, 0.4) is 0 Å². The van der Waals surface area contributed by atoms with E-state index in [1.807, 2.05) is 6.92 Å². The molecular weight excluding hydrogens is 249 g/mol. The summed E-state index contributed by atoms with van der Waals surface area (Å²) < 4.78 is 13.4. The van der Waals surface area contributed by atoms with Crippen LogP contribution in [0.4, 0.5) is 10.1 Å². The lowest BCUT2D eigenvalue weighted by Gasteiger charge is -2.04. The molecule has 0 saturated heterocycles. The molecule has 0 heterocycles. The standard InChI is InChI=1S/C10H11BrFNO/c1-2-3-10(14)13-7-4-5-8(11)9(12)6-7/h4-6H,2-3H2,1H3,(H,13,14). The van der Waals surface area contributed by atoms with Crippen LogP contribution in [-0.2, 0) is 4.79 Å². The van der Waals surface area contributed by atoms with Gasteiger partial charge in [0.1, 0.15) is 5.82 Å². The van der Waals surface area contributed by atoms with Gasteiger partial charge in [-0.25, -0.2) is 4.39 Å². The smallest absolute Gasteiger partial charge is 0.224 e. The van der Waals surface area contributed by atoms with Gasteiger partial charge >= 0.3 is 0 Å². The van der Waals surface area contributed by atoms with Gasteiger partial charge in [0.15, 0.2) is 0 Å². The molecule has 76 valence electrons. The monoisotopic (exact) mass is 259 g/mol. The van der Waals surface area contributed by atoms with Crippen LogP contribution in [0.15, 0.2) is 22.7 Å². The van der Waals surface area contributed by atoms with E-state index >= 15 is 0 Å². The van der Waals surface area contributed by atoms with E-state index in [-0.39, 0.29) is 11.7 Å². The summed E-state index contributed by atoms with van der Waals surface area (Å²) in [5, 5.41) is 2.61. The minimum absolute atomic E-state index is 0.0887. The van der Waals surface area contributed by atoms with Crippen LogP contribution in [0.25, 0.3) is 0 Å². The lowest BCUT2D eigenvalue weighted by atomic mass is 10.3. The average Bonchev–Trinajstić information content (AvgIpc) is 2.12. The number of carbonyl (C=O) groups is 1. The van der Waals surface area contributed by atoms with E-state index in [2.05, 4.69) is 21.2 Å². The molecule has 1 N–H and O–H groups in total. The first-order valence-electron chi connectivity index (χ1n) is 4.38. The van der Waals surface area contributed by atoms with Crippen LogP contribution in [0.2, 0.25) is 0 Å². The topological polar surface area (TPSA) is 29.1 Å². The summed E-state index contributed by atoms with van der Waals surface area (Å²) in [6.07, 6.45) is 1.24. The highest BCUT2D eigenvalue weighted by molar-refractivity contribution is 9.10. The Bertz CT molecular complexity index is 341. The third kappa shape index (κ3) is 3.10. The van der Waals surface area contributed by atoms with Crippen molar-refractivity contribution in [1.82, 2.24) is 0 Å². The molecule has 2 nitrogen and oxygen atoms in total. The zero-order valence-corrected chi connectivity index (χ0v) is 9.40. The number of anilines is 1. The number of nitrogens with one attached hydrogen (secondary N) is 1. The summed E-state index contributed by atoms with van der Waals surface area (Å²) in [5.41, 5.74) is 0.490. The maximum atomic E-state index is 13.0. The average molecular weight is 260 g/mol. The first-order valence-corrected chi connectivity index (χ1v) is 5.17. The van der Waals surface area contributed by atoms with Crippen molar-refractivity contribution in [2.45, 2.75) is 19.8 Å². The van der Waals surface area contributed by atoms with Gasteiger partial charge in [-0.3, -0.25) is 4.79 Å². The molecule has 1 amide bonds. The zero-order chi connectivity index (χ0) is 10.6. The van der Waals surface area contributed by atoms with Crippen molar-refractivity contribution >= 4 is 27.5 Å². The Morgan fingerprint density at radius 1 is 1.57 bits per heavy atom. The van der Waals surface area contributed by atoms with Gasteiger partial charge in [-0.1, -0.05) is 6.92 Å². The molecule has 4 heteroatoms. The molecule has 0 atom stereocenters. The third-order valence-corrected chi connectivity index (χ3v) is 2.32. The number of benzene rings is 1. The van der Waals surface area contributed by atoms with Gasteiger partial charge in [0.2, 0.25) is 5.91 Å². The Balaban J connectivity index is 2.68. The summed E-state index contributed by atoms with van der Waals surface area (Å²) in [6, 6.07) is 4.51.